The quantitative estimate of drug-likeness (QED) is 0.0222. The van der Waals surface area contributed by atoms with E-state index >= 15 is 0 Å². The SMILES string of the molecule is CCCCCCCCCCCCCC(=O)OC[C@H](COP(=O)(O)OC[C@@H](O)COP(=O)(O)OC[C@@H](COC(=O)CCCCCCCCCCC)OC(=O)CCCCCCCCC(C)CC)OC(=O)CCCCCCCCCCC(C)C. The Labute approximate surface area is 492 Å². The number of phosphoric acid groups is 2. The van der Waals surface area contributed by atoms with Crippen molar-refractivity contribution in [3.63, 3.8) is 0 Å². The van der Waals surface area contributed by atoms with Gasteiger partial charge in [0.2, 0.25) is 0 Å². The summed E-state index contributed by atoms with van der Waals surface area (Å²) < 4.78 is 67.9. The highest BCUT2D eigenvalue weighted by Gasteiger charge is 2.30. The Hall–Kier alpha value is -1.94. The summed E-state index contributed by atoms with van der Waals surface area (Å²) in [6.07, 6.45) is 36.2. The standard InChI is InChI=1S/C62H120O17P2/c1-7-10-12-14-16-18-19-21-26-33-39-45-60(65)73-50-57(78-61(66)46-40-34-27-23-22-24-30-36-42-54(4)5)52-76-80(68,69)74-48-56(63)49-75-81(70,71)77-53-58(51-72-59(64)44-38-32-25-20-17-15-13-11-8-2)79-62(67)47-41-35-29-28-31-37-43-55(6)9-3/h54-58,63H,7-53H2,1-6H3,(H,68,69)(H,70,71)/t55?,56-,57-,58-/m1/s1. The van der Waals surface area contributed by atoms with Crippen LogP contribution >= 0.6 is 15.6 Å². The Morgan fingerprint density at radius 2 is 0.630 bits per heavy atom. The number of hydrogen-bond acceptors (Lipinski definition) is 15. The molecule has 3 N–H and O–H groups in total. The van der Waals surface area contributed by atoms with Gasteiger partial charge in [0.25, 0.3) is 0 Å². The third kappa shape index (κ3) is 55.7. The van der Waals surface area contributed by atoms with Gasteiger partial charge in [-0.1, -0.05) is 253 Å². The molecule has 6 atom stereocenters. The second-order valence-corrected chi connectivity index (χ2v) is 26.1. The minimum Gasteiger partial charge on any atom is -0.462 e. The van der Waals surface area contributed by atoms with E-state index in [9.17, 15) is 43.2 Å². The van der Waals surface area contributed by atoms with Crippen molar-refractivity contribution in [2.24, 2.45) is 11.8 Å². The zero-order chi connectivity index (χ0) is 60.1. The number of carbonyl (C=O) groups is 4. The highest BCUT2D eigenvalue weighted by atomic mass is 31.2. The van der Waals surface area contributed by atoms with Crippen molar-refractivity contribution in [2.75, 3.05) is 39.6 Å². The van der Waals surface area contributed by atoms with Crippen molar-refractivity contribution >= 4 is 39.5 Å². The molecule has 17 nitrogen and oxygen atoms in total. The Balaban J connectivity index is 5.24. The zero-order valence-electron chi connectivity index (χ0n) is 52.1. The molecule has 0 fully saturated rings. The van der Waals surface area contributed by atoms with Crippen LogP contribution in [0.15, 0.2) is 0 Å². The maximum Gasteiger partial charge on any atom is 0.472 e. The average molecular weight is 1200 g/mol. The maximum absolute atomic E-state index is 12.9. The first-order valence-corrected chi connectivity index (χ1v) is 35.5. The fraction of sp³-hybridized carbons (Fsp3) is 0.935. The molecule has 0 aliphatic heterocycles. The lowest BCUT2D eigenvalue weighted by molar-refractivity contribution is -0.161. The van der Waals surface area contributed by atoms with E-state index in [1.807, 2.05) is 0 Å². The number of esters is 4. The maximum atomic E-state index is 12.9. The molecule has 0 rings (SSSR count). The predicted octanol–water partition coefficient (Wildman–Crippen LogP) is 16.9. The topological polar surface area (TPSA) is 237 Å². The lowest BCUT2D eigenvalue weighted by atomic mass is 10.00. The summed E-state index contributed by atoms with van der Waals surface area (Å²) >= 11 is 0. The fourth-order valence-electron chi connectivity index (χ4n) is 9.15. The highest BCUT2D eigenvalue weighted by Crippen LogP contribution is 2.45. The number of hydrogen-bond donors (Lipinski definition) is 3. The van der Waals surface area contributed by atoms with Crippen LogP contribution in [0, 0.1) is 11.8 Å². The Morgan fingerprint density at radius 3 is 0.938 bits per heavy atom. The third-order valence-corrected chi connectivity index (χ3v) is 16.5. The van der Waals surface area contributed by atoms with Gasteiger partial charge in [0.05, 0.1) is 26.4 Å². The van der Waals surface area contributed by atoms with E-state index in [2.05, 4.69) is 41.5 Å². The molecule has 81 heavy (non-hydrogen) atoms. The molecule has 0 aromatic rings. The van der Waals surface area contributed by atoms with E-state index in [-0.39, 0.29) is 25.7 Å². The van der Waals surface area contributed by atoms with Crippen LogP contribution in [0.4, 0.5) is 0 Å². The molecule has 3 unspecified atom stereocenters. The normalized spacial score (nSPS) is 14.7. The summed E-state index contributed by atoms with van der Waals surface area (Å²) in [4.78, 5) is 72.1. The summed E-state index contributed by atoms with van der Waals surface area (Å²) in [5.74, 6) is -0.702. The largest absolute Gasteiger partial charge is 0.472 e. The minimum atomic E-state index is -4.94. The molecule has 0 radical (unpaired) electrons. The lowest BCUT2D eigenvalue weighted by Gasteiger charge is -2.21. The number of carbonyl (C=O) groups excluding carboxylic acids is 4. The van der Waals surface area contributed by atoms with Gasteiger partial charge >= 0.3 is 39.5 Å². The first-order chi connectivity index (χ1) is 38.9. The van der Waals surface area contributed by atoms with E-state index in [4.69, 9.17) is 37.0 Å². The van der Waals surface area contributed by atoms with Gasteiger partial charge in [-0.15, -0.1) is 0 Å². The highest BCUT2D eigenvalue weighted by molar-refractivity contribution is 7.47. The summed E-state index contributed by atoms with van der Waals surface area (Å²) in [5, 5.41) is 10.5. The van der Waals surface area contributed by atoms with Gasteiger partial charge in [0.15, 0.2) is 12.2 Å². The van der Waals surface area contributed by atoms with Gasteiger partial charge in [0, 0.05) is 25.7 Å². The summed E-state index contributed by atoms with van der Waals surface area (Å²) in [6.45, 7) is 9.37. The molecular formula is C62H120O17P2. The monoisotopic (exact) mass is 1200 g/mol. The van der Waals surface area contributed by atoms with Crippen LogP contribution in [0.5, 0.6) is 0 Å². The van der Waals surface area contributed by atoms with E-state index in [0.717, 1.165) is 102 Å². The van der Waals surface area contributed by atoms with Crippen molar-refractivity contribution < 1.29 is 80.2 Å². The van der Waals surface area contributed by atoms with Gasteiger partial charge in [-0.25, -0.2) is 9.13 Å². The molecular weight excluding hydrogens is 1080 g/mol. The molecule has 0 aliphatic rings. The van der Waals surface area contributed by atoms with Crippen LogP contribution in [-0.2, 0) is 65.4 Å². The second-order valence-electron chi connectivity index (χ2n) is 23.2. The molecule has 0 amide bonds. The Bertz CT molecular complexity index is 1600. The smallest absolute Gasteiger partial charge is 0.462 e. The number of unbranched alkanes of at least 4 members (excludes halogenated alkanes) is 30. The molecule has 0 aromatic carbocycles. The second kappa shape index (κ2) is 54.7. The number of aliphatic hydroxyl groups excluding tert-OH is 1. The van der Waals surface area contributed by atoms with Crippen LogP contribution < -0.4 is 0 Å². The van der Waals surface area contributed by atoms with Gasteiger partial charge in [-0.05, 0) is 37.5 Å². The van der Waals surface area contributed by atoms with E-state index in [1.54, 1.807) is 0 Å². The molecule has 19 heteroatoms. The molecule has 0 bridgehead atoms. The molecule has 0 aliphatic carbocycles. The van der Waals surface area contributed by atoms with Crippen molar-refractivity contribution in [1.82, 2.24) is 0 Å². The Kier molecular flexibility index (Phi) is 53.4. The van der Waals surface area contributed by atoms with Crippen molar-refractivity contribution in [1.29, 1.82) is 0 Å². The van der Waals surface area contributed by atoms with E-state index in [1.165, 1.54) is 122 Å². The van der Waals surface area contributed by atoms with Gasteiger partial charge < -0.3 is 33.8 Å². The average Bonchev–Trinajstić information content (AvgIpc) is 3.43. The molecule has 480 valence electrons. The number of rotatable bonds is 61. The summed E-state index contributed by atoms with van der Waals surface area (Å²) in [7, 11) is -9.88. The molecule has 0 saturated heterocycles. The molecule has 0 saturated carbocycles. The first kappa shape index (κ1) is 79.1. The number of aliphatic hydroxyl groups is 1. The summed E-state index contributed by atoms with van der Waals surface area (Å²) in [6, 6.07) is 0. The summed E-state index contributed by atoms with van der Waals surface area (Å²) in [5.41, 5.74) is 0. The van der Waals surface area contributed by atoms with Crippen LogP contribution in [0.1, 0.15) is 305 Å². The fourth-order valence-corrected chi connectivity index (χ4v) is 10.7. The Morgan fingerprint density at radius 1 is 0.358 bits per heavy atom. The van der Waals surface area contributed by atoms with Crippen molar-refractivity contribution in [3.8, 4) is 0 Å². The predicted molar refractivity (Wildman–Crippen MR) is 321 cm³/mol. The van der Waals surface area contributed by atoms with Crippen LogP contribution in [0.3, 0.4) is 0 Å². The third-order valence-electron chi connectivity index (χ3n) is 14.6. The van der Waals surface area contributed by atoms with Gasteiger partial charge in [-0.3, -0.25) is 37.3 Å². The van der Waals surface area contributed by atoms with E-state index in [0.29, 0.717) is 25.7 Å². The molecule has 0 aromatic heterocycles. The molecule has 0 heterocycles. The minimum absolute atomic E-state index is 0.103. The molecule has 0 spiro atoms. The van der Waals surface area contributed by atoms with Crippen molar-refractivity contribution in [3.05, 3.63) is 0 Å². The number of ether oxygens (including phenoxy) is 4. The number of phosphoric ester groups is 2. The lowest BCUT2D eigenvalue weighted by Crippen LogP contribution is -2.30. The first-order valence-electron chi connectivity index (χ1n) is 32.5. The van der Waals surface area contributed by atoms with Crippen LogP contribution in [0.2, 0.25) is 0 Å². The van der Waals surface area contributed by atoms with Crippen LogP contribution in [-0.4, -0.2) is 96.7 Å². The van der Waals surface area contributed by atoms with E-state index < -0.39 is 97.5 Å². The zero-order valence-corrected chi connectivity index (χ0v) is 53.9. The van der Waals surface area contributed by atoms with Gasteiger partial charge in [-0.2, -0.15) is 0 Å². The van der Waals surface area contributed by atoms with Crippen molar-refractivity contribution in [2.45, 2.75) is 323 Å². The van der Waals surface area contributed by atoms with Gasteiger partial charge in [0.1, 0.15) is 19.3 Å². The van der Waals surface area contributed by atoms with Crippen LogP contribution in [0.25, 0.3) is 0 Å².